The molecular weight excluding hydrogens is 731 g/mol. The smallest absolute Gasteiger partial charge is 0.164 e. The maximum absolute atomic E-state index is 6.71. The molecule has 58 heavy (non-hydrogen) atoms. The molecule has 2 aliphatic rings. The second kappa shape index (κ2) is 11.3. The fraction of sp³-hybridized carbons (Fsp3) is 0.0784. The third kappa shape index (κ3) is 4.08. The lowest BCUT2D eigenvalue weighted by Gasteiger charge is -2.14. The molecule has 0 fully saturated rings. The van der Waals surface area contributed by atoms with Gasteiger partial charge in [0.15, 0.2) is 17.5 Å². The minimum absolute atomic E-state index is 0.693. The van der Waals surface area contributed by atoms with Crippen molar-refractivity contribution in [2.75, 3.05) is 0 Å². The lowest BCUT2D eigenvalue weighted by atomic mass is 9.97. The quantitative estimate of drug-likeness (QED) is 0.179. The van der Waals surface area contributed by atoms with Gasteiger partial charge >= 0.3 is 0 Å². The van der Waals surface area contributed by atoms with Crippen molar-refractivity contribution >= 4 is 97.0 Å². The van der Waals surface area contributed by atoms with Gasteiger partial charge in [-0.2, -0.15) is 0 Å². The summed E-state index contributed by atoms with van der Waals surface area (Å²) in [5, 5.41) is 10.1. The molecule has 0 unspecified atom stereocenters. The first-order valence-electron chi connectivity index (χ1n) is 20.0. The van der Waals surface area contributed by atoms with E-state index in [0.717, 1.165) is 59.6 Å². The van der Waals surface area contributed by atoms with Gasteiger partial charge in [0, 0.05) is 76.0 Å². The monoisotopic (exact) mass is 761 g/mol. The Hall–Kier alpha value is -7.09. The Morgan fingerprint density at radius 2 is 1.34 bits per heavy atom. The van der Waals surface area contributed by atoms with Gasteiger partial charge < -0.3 is 13.4 Å². The second-order valence-electron chi connectivity index (χ2n) is 15.7. The summed E-state index contributed by atoms with van der Waals surface area (Å²) in [6, 6.07) is 44.1. The Labute approximate surface area is 335 Å². The van der Waals surface area contributed by atoms with Crippen LogP contribution in [0, 0.1) is 0 Å². The number of para-hydroxylation sites is 1. The highest BCUT2D eigenvalue weighted by Gasteiger charge is 2.30. The largest absolute Gasteiger partial charge is 0.460 e. The summed E-state index contributed by atoms with van der Waals surface area (Å²) in [7, 11) is 0. The fourth-order valence-electron chi connectivity index (χ4n) is 10.2. The summed E-state index contributed by atoms with van der Waals surface area (Å²) in [6.45, 7) is 0. The number of fused-ring (bicyclic) bond motifs is 7. The Morgan fingerprint density at radius 3 is 2.24 bits per heavy atom. The normalized spacial score (nSPS) is 14.3. The van der Waals surface area contributed by atoms with Crippen molar-refractivity contribution in [2.45, 2.75) is 25.7 Å². The maximum atomic E-state index is 6.71. The molecule has 2 aliphatic carbocycles. The zero-order chi connectivity index (χ0) is 37.6. The molecule has 272 valence electrons. The van der Waals surface area contributed by atoms with E-state index in [-0.39, 0.29) is 0 Å². The molecule has 6 heterocycles. The van der Waals surface area contributed by atoms with Crippen molar-refractivity contribution in [3.63, 3.8) is 0 Å². The van der Waals surface area contributed by atoms with Crippen LogP contribution in [-0.4, -0.2) is 23.9 Å². The van der Waals surface area contributed by atoms with Crippen LogP contribution in [0.15, 0.2) is 144 Å². The summed E-state index contributed by atoms with van der Waals surface area (Å²) < 4.78 is 14.3. The molecule has 0 amide bonds. The van der Waals surface area contributed by atoms with Gasteiger partial charge in [-0.15, -0.1) is 11.3 Å². The van der Waals surface area contributed by atoms with Crippen molar-refractivity contribution < 1.29 is 4.42 Å². The van der Waals surface area contributed by atoms with Gasteiger partial charge in [0.2, 0.25) is 0 Å². The van der Waals surface area contributed by atoms with E-state index in [0.29, 0.717) is 11.6 Å². The lowest BCUT2D eigenvalue weighted by Crippen LogP contribution is -2.04. The molecule has 6 aromatic carbocycles. The number of rotatable bonds is 4. The van der Waals surface area contributed by atoms with Crippen LogP contribution in [0.2, 0.25) is 0 Å². The molecule has 0 atom stereocenters. The number of aromatic nitrogens is 5. The Balaban J connectivity index is 1.01. The van der Waals surface area contributed by atoms with E-state index in [2.05, 4.69) is 130 Å². The number of nitrogens with zero attached hydrogens (tertiary/aromatic N) is 5. The van der Waals surface area contributed by atoms with E-state index >= 15 is 0 Å². The van der Waals surface area contributed by atoms with E-state index < -0.39 is 0 Å². The number of furan rings is 1. The summed E-state index contributed by atoms with van der Waals surface area (Å²) in [5.74, 6) is 3.23. The fourth-order valence-corrected chi connectivity index (χ4v) is 11.2. The highest BCUT2D eigenvalue weighted by atomic mass is 32.1. The minimum Gasteiger partial charge on any atom is -0.460 e. The molecule has 12 aromatic rings. The number of allylic oxidation sites excluding steroid dienone is 4. The SMILES string of the molecule is C1=CCCC(c2nc(-c3ccccc3)nc(-c3ccc4sc5ccc(-n6c7c8c9c(oc%10ccc%11c%12ccccc%12n(c%12cccc6c8%12)c%11c%109)CC7)cc5c4c3)n2)=C1. The molecule has 0 bridgehead atoms. The second-order valence-corrected chi connectivity index (χ2v) is 16.8. The maximum Gasteiger partial charge on any atom is 0.164 e. The van der Waals surface area contributed by atoms with E-state index in [1.807, 2.05) is 29.5 Å². The van der Waals surface area contributed by atoms with Gasteiger partial charge in [-0.3, -0.25) is 0 Å². The Morgan fingerprint density at radius 1 is 0.552 bits per heavy atom. The lowest BCUT2D eigenvalue weighted by molar-refractivity contribution is 0.549. The molecule has 0 N–H and O–H groups in total. The molecule has 6 nitrogen and oxygen atoms in total. The van der Waals surface area contributed by atoms with Gasteiger partial charge in [-0.1, -0.05) is 72.8 Å². The van der Waals surface area contributed by atoms with Crippen LogP contribution in [-0.2, 0) is 12.8 Å². The highest BCUT2D eigenvalue weighted by Crippen LogP contribution is 2.49. The molecule has 0 aliphatic heterocycles. The van der Waals surface area contributed by atoms with Crippen LogP contribution in [0.25, 0.3) is 114 Å². The van der Waals surface area contributed by atoms with Crippen molar-refractivity contribution in [3.8, 4) is 28.5 Å². The molecule has 0 spiro atoms. The molecule has 0 saturated heterocycles. The molecule has 7 heteroatoms. The van der Waals surface area contributed by atoms with Gasteiger partial charge in [0.05, 0.1) is 27.5 Å². The van der Waals surface area contributed by atoms with Crippen LogP contribution >= 0.6 is 11.3 Å². The Bertz CT molecular complexity index is 3800. The van der Waals surface area contributed by atoms with E-state index in [4.69, 9.17) is 19.4 Å². The average molecular weight is 762 g/mol. The predicted octanol–water partition coefficient (Wildman–Crippen LogP) is 13.2. The first kappa shape index (κ1) is 31.0. The zero-order valence-corrected chi connectivity index (χ0v) is 32.0. The molecule has 14 rings (SSSR count). The van der Waals surface area contributed by atoms with Crippen molar-refractivity contribution in [1.82, 2.24) is 23.9 Å². The standard InChI is InChI=1S/C51H31N5OS/c1-3-10-28(11-4-1)49-52-50(29-12-5-2-6-13-29)54-51(53-49)30-18-24-42-34(26-30)35-27-31(19-25-43(35)58-42)55-37-16-9-17-38-44(37)45-39(55)21-23-40-46(45)47-41(57-40)22-20-33-32-14-7-8-15-36(32)56(38)48(33)47/h1-5,7-12,14-20,22,24-27H,6,13,21,23H2. The zero-order valence-electron chi connectivity index (χ0n) is 31.2. The third-order valence-electron chi connectivity index (χ3n) is 12.6. The molecule has 0 radical (unpaired) electrons. The highest BCUT2D eigenvalue weighted by molar-refractivity contribution is 7.25. The number of aryl methyl sites for hydroxylation is 2. The van der Waals surface area contributed by atoms with Crippen molar-refractivity contribution in [3.05, 3.63) is 157 Å². The first-order chi connectivity index (χ1) is 28.7. The van der Waals surface area contributed by atoms with Gasteiger partial charge in [-0.25, -0.2) is 15.0 Å². The van der Waals surface area contributed by atoms with E-state index in [1.165, 1.54) is 85.9 Å². The van der Waals surface area contributed by atoms with E-state index in [1.54, 1.807) is 0 Å². The van der Waals surface area contributed by atoms with Gasteiger partial charge in [-0.05, 0) is 91.6 Å². The first-order valence-corrected chi connectivity index (χ1v) is 20.9. The van der Waals surface area contributed by atoms with Crippen LogP contribution in [0.4, 0.5) is 0 Å². The summed E-state index contributed by atoms with van der Waals surface area (Å²) in [6.07, 6.45) is 10.1. The molecule has 0 saturated carbocycles. The Kier molecular flexibility index (Phi) is 6.04. The number of thiophene rings is 1. The number of hydrogen-bond acceptors (Lipinski definition) is 5. The minimum atomic E-state index is 0.693. The van der Waals surface area contributed by atoms with E-state index in [9.17, 15) is 0 Å². The van der Waals surface area contributed by atoms with Gasteiger partial charge in [0.1, 0.15) is 11.3 Å². The van der Waals surface area contributed by atoms with Crippen LogP contribution < -0.4 is 0 Å². The third-order valence-corrected chi connectivity index (χ3v) is 13.8. The van der Waals surface area contributed by atoms with Crippen molar-refractivity contribution in [1.29, 1.82) is 0 Å². The number of hydrogen-bond donors (Lipinski definition) is 0. The predicted molar refractivity (Wildman–Crippen MR) is 239 cm³/mol. The van der Waals surface area contributed by atoms with Crippen molar-refractivity contribution in [2.24, 2.45) is 0 Å². The summed E-state index contributed by atoms with van der Waals surface area (Å²) >= 11 is 1.84. The molecular formula is C51H31N5OS. The number of benzene rings is 6. The summed E-state index contributed by atoms with van der Waals surface area (Å²) in [5.41, 5.74) is 11.5. The topological polar surface area (TPSA) is 61.2 Å². The van der Waals surface area contributed by atoms with Crippen LogP contribution in [0.3, 0.4) is 0 Å². The summed E-state index contributed by atoms with van der Waals surface area (Å²) in [4.78, 5) is 15.2. The average Bonchev–Trinajstić information content (AvgIpc) is 4.01. The van der Waals surface area contributed by atoms with Gasteiger partial charge in [0.25, 0.3) is 0 Å². The molecule has 6 aromatic heterocycles. The van der Waals surface area contributed by atoms with Crippen LogP contribution in [0.5, 0.6) is 0 Å². The van der Waals surface area contributed by atoms with Crippen LogP contribution in [0.1, 0.15) is 30.1 Å².